The van der Waals surface area contributed by atoms with E-state index in [0.29, 0.717) is 13.1 Å². The second kappa shape index (κ2) is 9.06. The van der Waals surface area contributed by atoms with Crippen molar-refractivity contribution in [1.29, 1.82) is 0 Å². The third-order valence-electron chi connectivity index (χ3n) is 4.70. The van der Waals surface area contributed by atoms with Crippen LogP contribution in [0.4, 0.5) is 5.69 Å². The molecule has 1 atom stereocenters. The molecule has 0 saturated carbocycles. The SMILES string of the molecule is CC(c1ccc(Cl)cc1)N(C)CC(=O)N(C)Cc1ccc(N(C)C)cc1. The van der Waals surface area contributed by atoms with E-state index < -0.39 is 0 Å². The van der Waals surface area contributed by atoms with Gasteiger partial charge >= 0.3 is 0 Å². The molecule has 0 heterocycles. The molecule has 0 aliphatic carbocycles. The van der Waals surface area contributed by atoms with Crippen LogP contribution in [0.15, 0.2) is 48.5 Å². The van der Waals surface area contributed by atoms with Gasteiger partial charge in [-0.25, -0.2) is 0 Å². The summed E-state index contributed by atoms with van der Waals surface area (Å²) >= 11 is 5.95. The minimum absolute atomic E-state index is 0.102. The number of amides is 1. The van der Waals surface area contributed by atoms with Gasteiger partial charge in [-0.05, 0) is 49.4 Å². The van der Waals surface area contributed by atoms with E-state index in [9.17, 15) is 4.79 Å². The molecule has 0 N–H and O–H groups in total. The highest BCUT2D eigenvalue weighted by Gasteiger charge is 2.17. The Hall–Kier alpha value is -2.04. The predicted molar refractivity (Wildman–Crippen MR) is 110 cm³/mol. The Morgan fingerprint density at radius 3 is 2.08 bits per heavy atom. The number of benzene rings is 2. The monoisotopic (exact) mass is 373 g/mol. The molecule has 4 nitrogen and oxygen atoms in total. The van der Waals surface area contributed by atoms with E-state index in [0.717, 1.165) is 21.8 Å². The first-order valence-corrected chi connectivity index (χ1v) is 9.11. The van der Waals surface area contributed by atoms with Crippen molar-refractivity contribution < 1.29 is 4.79 Å². The van der Waals surface area contributed by atoms with Crippen molar-refractivity contribution in [2.24, 2.45) is 0 Å². The lowest BCUT2D eigenvalue weighted by Gasteiger charge is -2.27. The van der Waals surface area contributed by atoms with Gasteiger partial charge in [-0.1, -0.05) is 35.9 Å². The Morgan fingerprint density at radius 1 is 0.962 bits per heavy atom. The molecule has 0 fully saturated rings. The number of rotatable bonds is 7. The molecule has 2 aromatic carbocycles. The molecule has 0 bridgehead atoms. The Morgan fingerprint density at radius 2 is 1.54 bits per heavy atom. The zero-order chi connectivity index (χ0) is 19.3. The molecule has 2 rings (SSSR count). The Bertz CT molecular complexity index is 713. The van der Waals surface area contributed by atoms with Gasteiger partial charge in [0.15, 0.2) is 0 Å². The van der Waals surface area contributed by atoms with Gasteiger partial charge in [0, 0.05) is 44.4 Å². The molecular formula is C21H28ClN3O. The molecule has 0 radical (unpaired) electrons. The summed E-state index contributed by atoms with van der Waals surface area (Å²) in [6.07, 6.45) is 0. The molecule has 0 aliphatic rings. The van der Waals surface area contributed by atoms with Gasteiger partial charge in [-0.2, -0.15) is 0 Å². The summed E-state index contributed by atoms with van der Waals surface area (Å²) in [5.41, 5.74) is 3.42. The van der Waals surface area contributed by atoms with Crippen molar-refractivity contribution in [3.63, 3.8) is 0 Å². The van der Waals surface area contributed by atoms with E-state index in [-0.39, 0.29) is 11.9 Å². The standard InChI is InChI=1S/C21H28ClN3O/c1-16(18-8-10-19(22)11-9-18)24(4)15-21(26)25(5)14-17-6-12-20(13-7-17)23(2)3/h6-13,16H,14-15H2,1-5H3. The fourth-order valence-electron chi connectivity index (χ4n) is 2.73. The third kappa shape index (κ3) is 5.48. The van der Waals surface area contributed by atoms with Gasteiger partial charge < -0.3 is 9.80 Å². The van der Waals surface area contributed by atoms with Crippen LogP contribution in [0.2, 0.25) is 5.02 Å². The normalized spacial score (nSPS) is 12.1. The Balaban J connectivity index is 1.92. The lowest BCUT2D eigenvalue weighted by molar-refractivity contribution is -0.131. The number of hydrogen-bond donors (Lipinski definition) is 0. The van der Waals surface area contributed by atoms with Crippen LogP contribution in [0.3, 0.4) is 0 Å². The van der Waals surface area contributed by atoms with Crippen LogP contribution in [0.5, 0.6) is 0 Å². The number of nitrogens with zero attached hydrogens (tertiary/aromatic N) is 3. The largest absolute Gasteiger partial charge is 0.378 e. The summed E-state index contributed by atoms with van der Waals surface area (Å²) in [5, 5.41) is 0.722. The first-order valence-electron chi connectivity index (χ1n) is 8.74. The summed E-state index contributed by atoms with van der Waals surface area (Å²) in [4.78, 5) is 18.5. The lowest BCUT2D eigenvalue weighted by Crippen LogP contribution is -2.37. The topological polar surface area (TPSA) is 26.8 Å². The van der Waals surface area contributed by atoms with Crippen molar-refractivity contribution in [3.05, 3.63) is 64.7 Å². The number of carbonyl (C=O) groups excluding carboxylic acids is 1. The predicted octanol–water partition coefficient (Wildman–Crippen LogP) is 4.06. The molecule has 0 aliphatic heterocycles. The zero-order valence-electron chi connectivity index (χ0n) is 16.2. The maximum Gasteiger partial charge on any atom is 0.236 e. The van der Waals surface area contributed by atoms with Gasteiger partial charge in [0.2, 0.25) is 5.91 Å². The second-order valence-electron chi connectivity index (χ2n) is 6.95. The molecule has 5 heteroatoms. The Labute approximate surface area is 162 Å². The molecule has 0 spiro atoms. The van der Waals surface area contributed by atoms with Crippen molar-refractivity contribution in [3.8, 4) is 0 Å². The molecular weight excluding hydrogens is 346 g/mol. The summed E-state index contributed by atoms with van der Waals surface area (Å²) in [6.45, 7) is 3.07. The highest BCUT2D eigenvalue weighted by Crippen LogP contribution is 2.21. The average Bonchev–Trinajstić information content (AvgIpc) is 2.62. The maximum atomic E-state index is 12.6. The van der Waals surface area contributed by atoms with Crippen LogP contribution < -0.4 is 4.90 Å². The quantitative estimate of drug-likeness (QED) is 0.732. The molecule has 2 aromatic rings. The van der Waals surface area contributed by atoms with Crippen molar-refractivity contribution >= 4 is 23.2 Å². The molecule has 1 amide bonds. The smallest absolute Gasteiger partial charge is 0.236 e. The number of hydrogen-bond acceptors (Lipinski definition) is 3. The third-order valence-corrected chi connectivity index (χ3v) is 4.95. The van der Waals surface area contributed by atoms with Gasteiger partial charge in [-0.3, -0.25) is 9.69 Å². The zero-order valence-corrected chi connectivity index (χ0v) is 17.0. The van der Waals surface area contributed by atoms with Gasteiger partial charge in [-0.15, -0.1) is 0 Å². The minimum atomic E-state index is 0.102. The van der Waals surface area contributed by atoms with E-state index in [1.165, 1.54) is 0 Å². The molecule has 0 saturated heterocycles. The molecule has 140 valence electrons. The summed E-state index contributed by atoms with van der Waals surface area (Å²) < 4.78 is 0. The van der Waals surface area contributed by atoms with Crippen LogP contribution in [-0.2, 0) is 11.3 Å². The first kappa shape index (κ1) is 20.3. The van der Waals surface area contributed by atoms with E-state index in [2.05, 4.69) is 41.0 Å². The highest BCUT2D eigenvalue weighted by molar-refractivity contribution is 6.30. The number of halogens is 1. The number of anilines is 1. The van der Waals surface area contributed by atoms with Crippen LogP contribution in [-0.4, -0.2) is 50.4 Å². The fraction of sp³-hybridized carbons (Fsp3) is 0.381. The van der Waals surface area contributed by atoms with Gasteiger partial charge in [0.25, 0.3) is 0 Å². The summed E-state index contributed by atoms with van der Waals surface area (Å²) in [7, 11) is 7.85. The van der Waals surface area contributed by atoms with Crippen LogP contribution in [0.25, 0.3) is 0 Å². The van der Waals surface area contributed by atoms with E-state index in [4.69, 9.17) is 11.6 Å². The lowest BCUT2D eigenvalue weighted by atomic mass is 10.1. The first-order chi connectivity index (χ1) is 12.3. The number of carbonyl (C=O) groups is 1. The Kier molecular flexibility index (Phi) is 7.06. The number of likely N-dealkylation sites (N-methyl/N-ethyl adjacent to an activating group) is 2. The highest BCUT2D eigenvalue weighted by atomic mass is 35.5. The average molecular weight is 374 g/mol. The van der Waals surface area contributed by atoms with Gasteiger partial charge in [0.1, 0.15) is 0 Å². The second-order valence-corrected chi connectivity index (χ2v) is 7.39. The van der Waals surface area contributed by atoms with Crippen LogP contribution >= 0.6 is 11.6 Å². The summed E-state index contributed by atoms with van der Waals surface area (Å²) in [5.74, 6) is 0.102. The van der Waals surface area contributed by atoms with Gasteiger partial charge in [0.05, 0.1) is 6.54 Å². The van der Waals surface area contributed by atoms with Crippen LogP contribution in [0.1, 0.15) is 24.1 Å². The van der Waals surface area contributed by atoms with Crippen molar-refractivity contribution in [1.82, 2.24) is 9.80 Å². The molecule has 26 heavy (non-hydrogen) atoms. The van der Waals surface area contributed by atoms with E-state index in [1.807, 2.05) is 52.5 Å². The molecule has 0 aromatic heterocycles. The molecule has 1 unspecified atom stereocenters. The fourth-order valence-corrected chi connectivity index (χ4v) is 2.85. The van der Waals surface area contributed by atoms with Crippen molar-refractivity contribution in [2.75, 3.05) is 39.6 Å². The van der Waals surface area contributed by atoms with Crippen LogP contribution in [0, 0.1) is 0 Å². The van der Waals surface area contributed by atoms with E-state index >= 15 is 0 Å². The summed E-state index contributed by atoms with van der Waals surface area (Å²) in [6, 6.07) is 16.2. The van der Waals surface area contributed by atoms with Crippen molar-refractivity contribution in [2.45, 2.75) is 19.5 Å². The maximum absolute atomic E-state index is 12.6. The van der Waals surface area contributed by atoms with E-state index in [1.54, 1.807) is 4.90 Å². The minimum Gasteiger partial charge on any atom is -0.378 e.